The van der Waals surface area contributed by atoms with Crippen LogP contribution in [0.1, 0.15) is 24.0 Å². The third kappa shape index (κ3) is 4.01. The van der Waals surface area contributed by atoms with Crippen molar-refractivity contribution in [2.75, 3.05) is 12.5 Å². The van der Waals surface area contributed by atoms with E-state index in [0.29, 0.717) is 0 Å². The van der Waals surface area contributed by atoms with Crippen molar-refractivity contribution in [1.29, 1.82) is 0 Å². The molecule has 1 nitrogen and oxygen atoms in total. The molecule has 0 heterocycles. The Kier molecular flexibility index (Phi) is 4.81. The number of alkyl halides is 1. The van der Waals surface area contributed by atoms with Crippen molar-refractivity contribution in [1.82, 2.24) is 0 Å². The second-order valence-electron chi connectivity index (χ2n) is 3.57. The number of halogens is 1. The first kappa shape index (κ1) is 11.4. The molecule has 0 N–H and O–H groups in total. The molecule has 0 unspecified atom stereocenters. The van der Waals surface area contributed by atoms with Gasteiger partial charge >= 0.3 is 0 Å². The minimum Gasteiger partial charge on any atom is -0.494 e. The van der Waals surface area contributed by atoms with Gasteiger partial charge in [-0.3, -0.25) is 0 Å². The fraction of sp³-hybridized carbons (Fsp3) is 0.500. The van der Waals surface area contributed by atoms with E-state index >= 15 is 0 Å². The van der Waals surface area contributed by atoms with E-state index in [1.165, 1.54) is 11.1 Å². The lowest BCUT2D eigenvalue weighted by Gasteiger charge is -2.07. The molecule has 0 radical (unpaired) electrons. The molecule has 0 aliphatic heterocycles. The standard InChI is InChI=1S/C12H17ClO/c1-10-7-11(2)9-12(8-10)14-6-4-3-5-13/h7-9H,3-6H2,1-2H3. The van der Waals surface area contributed by atoms with E-state index in [2.05, 4.69) is 32.0 Å². The van der Waals surface area contributed by atoms with Crippen LogP contribution in [0.3, 0.4) is 0 Å². The summed E-state index contributed by atoms with van der Waals surface area (Å²) in [6, 6.07) is 6.27. The molecular weight excluding hydrogens is 196 g/mol. The summed E-state index contributed by atoms with van der Waals surface area (Å²) >= 11 is 5.58. The van der Waals surface area contributed by atoms with Gasteiger partial charge in [0, 0.05) is 5.88 Å². The van der Waals surface area contributed by atoms with Gasteiger partial charge in [0.15, 0.2) is 0 Å². The SMILES string of the molecule is Cc1cc(C)cc(OCCCCCl)c1. The maximum Gasteiger partial charge on any atom is 0.119 e. The molecule has 0 spiro atoms. The van der Waals surface area contributed by atoms with Crippen LogP contribution in [0, 0.1) is 13.8 Å². The molecule has 1 aromatic carbocycles. The van der Waals surface area contributed by atoms with Crippen molar-refractivity contribution < 1.29 is 4.74 Å². The van der Waals surface area contributed by atoms with Crippen LogP contribution >= 0.6 is 11.6 Å². The van der Waals surface area contributed by atoms with E-state index in [1.54, 1.807) is 0 Å². The molecule has 14 heavy (non-hydrogen) atoms. The molecule has 1 rings (SSSR count). The molecule has 0 saturated heterocycles. The van der Waals surface area contributed by atoms with E-state index in [1.807, 2.05) is 0 Å². The third-order valence-electron chi connectivity index (χ3n) is 1.99. The molecule has 0 aromatic heterocycles. The summed E-state index contributed by atoms with van der Waals surface area (Å²) in [5, 5.41) is 0. The zero-order chi connectivity index (χ0) is 10.4. The number of aryl methyl sites for hydroxylation is 2. The monoisotopic (exact) mass is 212 g/mol. The molecule has 0 saturated carbocycles. The van der Waals surface area contributed by atoms with Gasteiger partial charge in [-0.15, -0.1) is 11.6 Å². The highest BCUT2D eigenvalue weighted by molar-refractivity contribution is 6.17. The zero-order valence-corrected chi connectivity index (χ0v) is 9.60. The Morgan fingerprint density at radius 2 is 1.71 bits per heavy atom. The van der Waals surface area contributed by atoms with Gasteiger partial charge in [0.1, 0.15) is 5.75 Å². The Morgan fingerprint density at radius 3 is 2.29 bits per heavy atom. The molecule has 0 fully saturated rings. The number of unbranched alkanes of at least 4 members (excludes halogenated alkanes) is 1. The lowest BCUT2D eigenvalue weighted by molar-refractivity contribution is 0.309. The summed E-state index contributed by atoms with van der Waals surface area (Å²) in [4.78, 5) is 0. The van der Waals surface area contributed by atoms with Crippen molar-refractivity contribution in [3.8, 4) is 5.75 Å². The van der Waals surface area contributed by atoms with Gasteiger partial charge in [-0.1, -0.05) is 6.07 Å². The molecule has 0 aliphatic carbocycles. The van der Waals surface area contributed by atoms with Crippen molar-refractivity contribution in [3.05, 3.63) is 29.3 Å². The van der Waals surface area contributed by atoms with Crippen LogP contribution in [0.15, 0.2) is 18.2 Å². The van der Waals surface area contributed by atoms with Gasteiger partial charge in [0.2, 0.25) is 0 Å². The second-order valence-corrected chi connectivity index (χ2v) is 3.95. The zero-order valence-electron chi connectivity index (χ0n) is 8.85. The lowest BCUT2D eigenvalue weighted by atomic mass is 10.1. The molecule has 0 atom stereocenters. The fourth-order valence-corrected chi connectivity index (χ4v) is 1.59. The van der Waals surface area contributed by atoms with Gasteiger partial charge in [-0.25, -0.2) is 0 Å². The Labute approximate surface area is 91.0 Å². The molecule has 78 valence electrons. The molecule has 0 aliphatic rings. The number of rotatable bonds is 5. The summed E-state index contributed by atoms with van der Waals surface area (Å²) < 4.78 is 5.61. The molecule has 0 amide bonds. The van der Waals surface area contributed by atoms with Gasteiger partial charge in [0.05, 0.1) is 6.61 Å². The molecule has 2 heteroatoms. The molecule has 0 bridgehead atoms. The van der Waals surface area contributed by atoms with Gasteiger partial charge < -0.3 is 4.74 Å². The number of hydrogen-bond donors (Lipinski definition) is 0. The predicted molar refractivity (Wildman–Crippen MR) is 61.4 cm³/mol. The first-order valence-corrected chi connectivity index (χ1v) is 5.53. The van der Waals surface area contributed by atoms with Crippen molar-refractivity contribution in [3.63, 3.8) is 0 Å². The van der Waals surface area contributed by atoms with E-state index < -0.39 is 0 Å². The molecule has 1 aromatic rings. The smallest absolute Gasteiger partial charge is 0.119 e. The van der Waals surface area contributed by atoms with E-state index in [0.717, 1.165) is 31.1 Å². The summed E-state index contributed by atoms with van der Waals surface area (Å²) in [5.74, 6) is 1.69. The third-order valence-corrected chi connectivity index (χ3v) is 2.26. The van der Waals surface area contributed by atoms with Gasteiger partial charge in [-0.2, -0.15) is 0 Å². The van der Waals surface area contributed by atoms with E-state index in [4.69, 9.17) is 16.3 Å². The fourth-order valence-electron chi connectivity index (χ4n) is 1.40. The van der Waals surface area contributed by atoms with Crippen LogP contribution in [0.4, 0.5) is 0 Å². The largest absolute Gasteiger partial charge is 0.494 e. The van der Waals surface area contributed by atoms with Crippen LogP contribution in [0.25, 0.3) is 0 Å². The van der Waals surface area contributed by atoms with Crippen molar-refractivity contribution in [2.45, 2.75) is 26.7 Å². The first-order chi connectivity index (χ1) is 6.72. The minimum atomic E-state index is 0.718. The van der Waals surface area contributed by atoms with E-state index in [-0.39, 0.29) is 0 Å². The van der Waals surface area contributed by atoms with Crippen LogP contribution < -0.4 is 4.74 Å². The predicted octanol–water partition coefficient (Wildman–Crippen LogP) is 3.70. The van der Waals surface area contributed by atoms with Crippen LogP contribution in [0.2, 0.25) is 0 Å². The van der Waals surface area contributed by atoms with Crippen molar-refractivity contribution in [2.24, 2.45) is 0 Å². The maximum atomic E-state index is 5.61. The summed E-state index contributed by atoms with van der Waals surface area (Å²) in [5.41, 5.74) is 2.50. The Hall–Kier alpha value is -0.690. The molecular formula is C12H17ClO. The second kappa shape index (κ2) is 5.92. The first-order valence-electron chi connectivity index (χ1n) is 4.99. The highest BCUT2D eigenvalue weighted by Gasteiger charge is 1.96. The topological polar surface area (TPSA) is 9.23 Å². The quantitative estimate of drug-likeness (QED) is 0.534. The van der Waals surface area contributed by atoms with Gasteiger partial charge in [-0.05, 0) is 49.9 Å². The Balaban J connectivity index is 2.42. The Morgan fingerprint density at radius 1 is 1.07 bits per heavy atom. The average Bonchev–Trinajstić information content (AvgIpc) is 2.11. The lowest BCUT2D eigenvalue weighted by Crippen LogP contribution is -1.98. The number of ether oxygens (including phenoxy) is 1. The van der Waals surface area contributed by atoms with Gasteiger partial charge in [0.25, 0.3) is 0 Å². The highest BCUT2D eigenvalue weighted by atomic mass is 35.5. The van der Waals surface area contributed by atoms with Crippen LogP contribution in [-0.4, -0.2) is 12.5 Å². The maximum absolute atomic E-state index is 5.61. The summed E-state index contributed by atoms with van der Waals surface area (Å²) in [6.45, 7) is 4.92. The van der Waals surface area contributed by atoms with Crippen LogP contribution in [-0.2, 0) is 0 Å². The highest BCUT2D eigenvalue weighted by Crippen LogP contribution is 2.16. The summed E-state index contributed by atoms with van der Waals surface area (Å²) in [6.07, 6.45) is 2.04. The number of benzene rings is 1. The number of hydrogen-bond acceptors (Lipinski definition) is 1. The minimum absolute atomic E-state index is 0.718. The average molecular weight is 213 g/mol. The van der Waals surface area contributed by atoms with E-state index in [9.17, 15) is 0 Å². The normalized spacial score (nSPS) is 10.2. The van der Waals surface area contributed by atoms with Crippen LogP contribution in [0.5, 0.6) is 5.75 Å². The summed E-state index contributed by atoms with van der Waals surface area (Å²) in [7, 11) is 0. The van der Waals surface area contributed by atoms with Crippen molar-refractivity contribution >= 4 is 11.6 Å². The Bertz CT molecular complexity index is 263.